The number of thiophene rings is 1. The SMILES string of the molecule is COCCC(C)(C)CNS(=O)(=O)c1cc(C(=O)O)cs1. The molecular formula is C12H19NO5S2. The van der Waals surface area contributed by atoms with Crippen molar-refractivity contribution in [3.05, 3.63) is 17.0 Å². The molecule has 8 heteroatoms. The third kappa shape index (κ3) is 4.86. The van der Waals surface area contributed by atoms with Gasteiger partial charge in [-0.25, -0.2) is 17.9 Å². The average Bonchev–Trinajstić information content (AvgIpc) is 2.85. The van der Waals surface area contributed by atoms with Crippen LogP contribution >= 0.6 is 11.3 Å². The average molecular weight is 321 g/mol. The number of hydrogen-bond donors (Lipinski definition) is 2. The maximum Gasteiger partial charge on any atom is 0.336 e. The van der Waals surface area contributed by atoms with Crippen LogP contribution in [0.2, 0.25) is 0 Å². The van der Waals surface area contributed by atoms with E-state index in [0.717, 1.165) is 23.8 Å². The molecule has 6 nitrogen and oxygen atoms in total. The van der Waals surface area contributed by atoms with Gasteiger partial charge >= 0.3 is 5.97 Å². The molecule has 1 rings (SSSR count). The Morgan fingerprint density at radius 1 is 1.50 bits per heavy atom. The second-order valence-electron chi connectivity index (χ2n) is 5.19. The number of sulfonamides is 1. The van der Waals surface area contributed by atoms with Gasteiger partial charge in [0.05, 0.1) is 5.56 Å². The standard InChI is InChI=1S/C12H19NO5S2/c1-12(2,4-5-18-3)8-13-20(16,17)10-6-9(7-19-10)11(14)15/h6-7,13H,4-5,8H2,1-3H3,(H,14,15). The molecule has 0 spiro atoms. The molecule has 0 saturated carbocycles. The first kappa shape index (κ1) is 17.1. The zero-order chi connectivity index (χ0) is 15.4. The first-order valence-corrected chi connectivity index (χ1v) is 8.35. The number of methoxy groups -OCH3 is 1. The number of hydrogen-bond acceptors (Lipinski definition) is 5. The minimum absolute atomic E-state index is 0.0115. The molecule has 1 heterocycles. The first-order chi connectivity index (χ1) is 9.18. The number of carboxylic acids is 1. The molecule has 2 N–H and O–H groups in total. The summed E-state index contributed by atoms with van der Waals surface area (Å²) >= 11 is 0.897. The molecule has 0 unspecified atom stereocenters. The van der Waals surface area contributed by atoms with E-state index in [9.17, 15) is 13.2 Å². The van der Waals surface area contributed by atoms with Crippen LogP contribution in [0.3, 0.4) is 0 Å². The predicted molar refractivity (Wildman–Crippen MR) is 76.7 cm³/mol. The van der Waals surface area contributed by atoms with Crippen LogP contribution in [0, 0.1) is 5.41 Å². The highest BCUT2D eigenvalue weighted by Crippen LogP contribution is 2.23. The molecule has 0 aliphatic carbocycles. The van der Waals surface area contributed by atoms with Crippen LogP contribution in [0.1, 0.15) is 30.6 Å². The highest BCUT2D eigenvalue weighted by atomic mass is 32.2. The second kappa shape index (κ2) is 6.66. The van der Waals surface area contributed by atoms with Crippen molar-refractivity contribution in [3.8, 4) is 0 Å². The molecule has 20 heavy (non-hydrogen) atoms. The Labute approximate surface area is 122 Å². The second-order valence-corrected chi connectivity index (χ2v) is 8.10. The van der Waals surface area contributed by atoms with E-state index in [-0.39, 0.29) is 21.7 Å². The molecule has 0 bridgehead atoms. The summed E-state index contributed by atoms with van der Waals surface area (Å²) in [5.41, 5.74) is -0.260. The molecule has 1 aromatic heterocycles. The monoisotopic (exact) mass is 321 g/mol. The Morgan fingerprint density at radius 3 is 2.65 bits per heavy atom. The van der Waals surface area contributed by atoms with Gasteiger partial charge in [0.2, 0.25) is 10.0 Å². The molecule has 0 saturated heterocycles. The molecule has 0 atom stereocenters. The van der Waals surface area contributed by atoms with Gasteiger partial charge in [0, 0.05) is 25.6 Å². The van der Waals surface area contributed by atoms with Crippen molar-refractivity contribution in [2.45, 2.75) is 24.5 Å². The molecule has 0 aliphatic rings. The lowest BCUT2D eigenvalue weighted by Gasteiger charge is -2.24. The van der Waals surface area contributed by atoms with Crippen molar-refractivity contribution in [2.24, 2.45) is 5.41 Å². The Hall–Kier alpha value is -0.960. The van der Waals surface area contributed by atoms with Gasteiger partial charge in [0.1, 0.15) is 4.21 Å². The fourth-order valence-corrected chi connectivity index (χ4v) is 3.84. The van der Waals surface area contributed by atoms with Crippen molar-refractivity contribution in [1.29, 1.82) is 0 Å². The fraction of sp³-hybridized carbons (Fsp3) is 0.583. The molecule has 0 amide bonds. The zero-order valence-electron chi connectivity index (χ0n) is 11.7. The normalized spacial score (nSPS) is 12.6. The number of carboxylic acid groups (broad SMARTS) is 1. The van der Waals surface area contributed by atoms with E-state index >= 15 is 0 Å². The maximum atomic E-state index is 12.1. The number of carbonyl (C=O) groups is 1. The summed E-state index contributed by atoms with van der Waals surface area (Å²) in [5, 5.41) is 10.1. The van der Waals surface area contributed by atoms with E-state index in [1.54, 1.807) is 7.11 Å². The number of ether oxygens (including phenoxy) is 1. The number of rotatable bonds is 8. The first-order valence-electron chi connectivity index (χ1n) is 5.98. The van der Waals surface area contributed by atoms with Crippen molar-refractivity contribution in [1.82, 2.24) is 4.72 Å². The predicted octanol–water partition coefficient (Wildman–Crippen LogP) is 1.79. The van der Waals surface area contributed by atoms with Gasteiger partial charge in [-0.3, -0.25) is 0 Å². The minimum Gasteiger partial charge on any atom is -0.478 e. The van der Waals surface area contributed by atoms with Gasteiger partial charge < -0.3 is 9.84 Å². The van der Waals surface area contributed by atoms with Crippen molar-refractivity contribution in [3.63, 3.8) is 0 Å². The van der Waals surface area contributed by atoms with E-state index in [1.807, 2.05) is 13.8 Å². The molecule has 0 aliphatic heterocycles. The Kier molecular flexibility index (Phi) is 5.69. The molecule has 0 aromatic carbocycles. The summed E-state index contributed by atoms with van der Waals surface area (Å²) < 4.78 is 31.6. The van der Waals surface area contributed by atoms with Gasteiger partial charge in [-0.2, -0.15) is 0 Å². The lowest BCUT2D eigenvalue weighted by atomic mass is 9.90. The van der Waals surface area contributed by atoms with Crippen LogP contribution < -0.4 is 4.72 Å². The van der Waals surface area contributed by atoms with E-state index in [0.29, 0.717) is 6.61 Å². The Bertz CT molecular complexity index is 562. The summed E-state index contributed by atoms with van der Waals surface area (Å²) in [4.78, 5) is 10.8. The van der Waals surface area contributed by atoms with E-state index < -0.39 is 16.0 Å². The minimum atomic E-state index is -3.67. The Balaban J connectivity index is 2.72. The van der Waals surface area contributed by atoms with Gasteiger partial charge in [-0.1, -0.05) is 13.8 Å². The molecule has 1 aromatic rings. The van der Waals surface area contributed by atoms with Crippen LogP contribution in [0.25, 0.3) is 0 Å². The molecule has 0 radical (unpaired) electrons. The van der Waals surface area contributed by atoms with Crippen LogP contribution in [0.15, 0.2) is 15.7 Å². The largest absolute Gasteiger partial charge is 0.478 e. The van der Waals surface area contributed by atoms with Gasteiger partial charge in [-0.15, -0.1) is 11.3 Å². The van der Waals surface area contributed by atoms with Crippen molar-refractivity contribution in [2.75, 3.05) is 20.3 Å². The summed E-state index contributed by atoms with van der Waals surface area (Å²) in [6.07, 6.45) is 0.719. The van der Waals surface area contributed by atoms with Crippen molar-refractivity contribution >= 4 is 27.3 Å². The zero-order valence-corrected chi connectivity index (χ0v) is 13.3. The van der Waals surface area contributed by atoms with Crippen LogP contribution in [0.4, 0.5) is 0 Å². The summed E-state index contributed by atoms with van der Waals surface area (Å²) in [6, 6.07) is 1.16. The van der Waals surface area contributed by atoms with Crippen LogP contribution in [0.5, 0.6) is 0 Å². The molecular weight excluding hydrogens is 302 g/mol. The van der Waals surface area contributed by atoms with Crippen LogP contribution in [-0.2, 0) is 14.8 Å². The van der Waals surface area contributed by atoms with E-state index in [1.165, 1.54) is 5.38 Å². The Morgan fingerprint density at radius 2 is 2.15 bits per heavy atom. The van der Waals surface area contributed by atoms with E-state index in [4.69, 9.17) is 9.84 Å². The smallest absolute Gasteiger partial charge is 0.336 e. The third-order valence-corrected chi connectivity index (χ3v) is 5.65. The quantitative estimate of drug-likeness (QED) is 0.761. The topological polar surface area (TPSA) is 92.7 Å². The van der Waals surface area contributed by atoms with Crippen LogP contribution in [-0.4, -0.2) is 39.8 Å². The lowest BCUT2D eigenvalue weighted by Crippen LogP contribution is -2.34. The summed E-state index contributed by atoms with van der Waals surface area (Å²) in [6.45, 7) is 4.69. The maximum absolute atomic E-state index is 12.1. The highest BCUT2D eigenvalue weighted by molar-refractivity contribution is 7.91. The lowest BCUT2D eigenvalue weighted by molar-refractivity contribution is 0.0697. The van der Waals surface area contributed by atoms with Crippen molar-refractivity contribution < 1.29 is 23.1 Å². The number of nitrogens with one attached hydrogen (secondary N) is 1. The summed E-state index contributed by atoms with van der Waals surface area (Å²) in [7, 11) is -2.07. The van der Waals surface area contributed by atoms with Gasteiger partial charge in [0.25, 0.3) is 0 Å². The fourth-order valence-electron chi connectivity index (χ4n) is 1.40. The van der Waals surface area contributed by atoms with Gasteiger partial charge in [0.15, 0.2) is 0 Å². The summed E-state index contributed by atoms with van der Waals surface area (Å²) in [5.74, 6) is -1.14. The highest BCUT2D eigenvalue weighted by Gasteiger charge is 2.24. The number of aromatic carboxylic acids is 1. The van der Waals surface area contributed by atoms with E-state index in [2.05, 4.69) is 4.72 Å². The third-order valence-electron chi connectivity index (χ3n) is 2.81. The molecule has 0 fully saturated rings. The van der Waals surface area contributed by atoms with Gasteiger partial charge in [-0.05, 0) is 17.9 Å². The molecule has 114 valence electrons.